The smallest absolute Gasteiger partial charge is 0.279 e. The number of nitrogens with zero attached hydrogens (tertiary/aromatic N) is 6. The summed E-state index contributed by atoms with van der Waals surface area (Å²) in [6, 6.07) is 7.24. The van der Waals surface area contributed by atoms with Gasteiger partial charge >= 0.3 is 0 Å². The number of alkyl halides is 2. The summed E-state index contributed by atoms with van der Waals surface area (Å²) in [5, 5.41) is 11.3. The fraction of sp³-hybridized carbons (Fsp3) is 0.429. The SMILES string of the molecule is Cn1ncc(OCC2COCC2(F)F)c1-c1cc2cc(NC(=O)[C@H]3C[C@H]3c3ccc(N4CCC4)cn3)nn2cc1F. The maximum Gasteiger partial charge on any atom is 0.279 e. The van der Waals surface area contributed by atoms with E-state index in [9.17, 15) is 13.6 Å². The van der Waals surface area contributed by atoms with E-state index in [1.165, 1.54) is 28.0 Å². The van der Waals surface area contributed by atoms with Crippen molar-refractivity contribution in [2.75, 3.05) is 43.1 Å². The molecule has 214 valence electrons. The van der Waals surface area contributed by atoms with Crippen LogP contribution in [0.3, 0.4) is 0 Å². The third-order valence-electron chi connectivity index (χ3n) is 8.11. The highest BCUT2D eigenvalue weighted by Gasteiger charge is 2.46. The zero-order chi connectivity index (χ0) is 28.3. The molecule has 4 aromatic rings. The van der Waals surface area contributed by atoms with Gasteiger partial charge in [-0.2, -0.15) is 5.10 Å². The number of anilines is 2. The summed E-state index contributed by atoms with van der Waals surface area (Å²) in [5.41, 5.74) is 2.99. The van der Waals surface area contributed by atoms with Crippen LogP contribution in [-0.4, -0.2) is 69.1 Å². The van der Waals surface area contributed by atoms with Crippen LogP contribution in [-0.2, 0) is 16.6 Å². The maximum atomic E-state index is 15.3. The molecule has 13 heteroatoms. The predicted molar refractivity (Wildman–Crippen MR) is 143 cm³/mol. The monoisotopic (exact) mass is 567 g/mol. The minimum Gasteiger partial charge on any atom is -0.489 e. The normalized spacial score (nSPS) is 23.0. The van der Waals surface area contributed by atoms with Crippen molar-refractivity contribution >= 4 is 22.9 Å². The third-order valence-corrected chi connectivity index (χ3v) is 8.11. The van der Waals surface area contributed by atoms with Crippen molar-refractivity contribution in [3.63, 3.8) is 0 Å². The molecule has 10 nitrogen and oxygen atoms in total. The number of carbonyl (C=O) groups is 1. The summed E-state index contributed by atoms with van der Waals surface area (Å²) in [4.78, 5) is 19.8. The maximum absolute atomic E-state index is 15.3. The van der Waals surface area contributed by atoms with E-state index < -0.39 is 24.3 Å². The number of pyridine rings is 2. The first-order valence-electron chi connectivity index (χ1n) is 13.6. The number of halogens is 3. The van der Waals surface area contributed by atoms with E-state index in [1.54, 1.807) is 19.2 Å². The van der Waals surface area contributed by atoms with Crippen LogP contribution >= 0.6 is 0 Å². The summed E-state index contributed by atoms with van der Waals surface area (Å²) in [6.45, 7) is 1.05. The van der Waals surface area contributed by atoms with E-state index >= 15 is 4.39 Å². The first-order valence-corrected chi connectivity index (χ1v) is 13.6. The van der Waals surface area contributed by atoms with Gasteiger partial charge in [0.2, 0.25) is 5.91 Å². The quantitative estimate of drug-likeness (QED) is 0.345. The van der Waals surface area contributed by atoms with Crippen LogP contribution < -0.4 is 15.0 Å². The van der Waals surface area contributed by atoms with Crippen LogP contribution in [0.4, 0.5) is 24.7 Å². The van der Waals surface area contributed by atoms with Gasteiger partial charge in [-0.1, -0.05) is 0 Å². The summed E-state index contributed by atoms with van der Waals surface area (Å²) in [6.07, 6.45) is 6.33. The van der Waals surface area contributed by atoms with Gasteiger partial charge in [0.15, 0.2) is 17.4 Å². The molecule has 0 spiro atoms. The number of aryl methyl sites for hydroxylation is 1. The Morgan fingerprint density at radius 1 is 1.24 bits per heavy atom. The van der Waals surface area contributed by atoms with E-state index in [1.807, 2.05) is 12.3 Å². The molecule has 6 heterocycles. The molecule has 1 aliphatic carbocycles. The van der Waals surface area contributed by atoms with Gasteiger partial charge in [0.05, 0.1) is 48.9 Å². The molecule has 3 fully saturated rings. The molecule has 1 amide bonds. The minimum atomic E-state index is -2.99. The highest BCUT2D eigenvalue weighted by molar-refractivity contribution is 5.95. The second kappa shape index (κ2) is 9.75. The average Bonchev–Trinajstić information content (AvgIpc) is 3.34. The van der Waals surface area contributed by atoms with E-state index in [0.717, 1.165) is 24.5 Å². The van der Waals surface area contributed by atoms with Gasteiger partial charge in [0, 0.05) is 49.3 Å². The van der Waals surface area contributed by atoms with Crippen LogP contribution in [0.5, 0.6) is 5.75 Å². The van der Waals surface area contributed by atoms with Crippen molar-refractivity contribution in [1.29, 1.82) is 0 Å². The Kier molecular flexibility index (Phi) is 6.14. The van der Waals surface area contributed by atoms with Crippen molar-refractivity contribution < 1.29 is 27.4 Å². The Morgan fingerprint density at radius 3 is 2.80 bits per heavy atom. The third kappa shape index (κ3) is 4.77. The molecule has 1 unspecified atom stereocenters. The topological polar surface area (TPSA) is 98.8 Å². The van der Waals surface area contributed by atoms with Crippen molar-refractivity contribution in [3.8, 4) is 17.0 Å². The molecule has 1 N–H and O–H groups in total. The van der Waals surface area contributed by atoms with Gasteiger partial charge in [-0.3, -0.25) is 14.5 Å². The fourth-order valence-corrected chi connectivity index (χ4v) is 5.43. The lowest BCUT2D eigenvalue weighted by Gasteiger charge is -2.32. The molecule has 3 atom stereocenters. The Balaban J connectivity index is 1.05. The van der Waals surface area contributed by atoms with Crippen molar-refractivity contribution in [2.45, 2.75) is 24.7 Å². The molecule has 0 radical (unpaired) electrons. The zero-order valence-corrected chi connectivity index (χ0v) is 22.3. The summed E-state index contributed by atoms with van der Waals surface area (Å²) < 4.78 is 56.5. The van der Waals surface area contributed by atoms with Crippen molar-refractivity contribution in [3.05, 3.63) is 54.4 Å². The van der Waals surface area contributed by atoms with Crippen LogP contribution in [0.2, 0.25) is 0 Å². The number of hydrogen-bond donors (Lipinski definition) is 1. The first-order chi connectivity index (χ1) is 19.8. The molecule has 2 aliphatic heterocycles. The number of fused-ring (bicyclic) bond motifs is 1. The number of hydrogen-bond acceptors (Lipinski definition) is 7. The Morgan fingerprint density at radius 2 is 2.10 bits per heavy atom. The Hall–Kier alpha value is -4.13. The van der Waals surface area contributed by atoms with Gasteiger partial charge in [-0.25, -0.2) is 17.7 Å². The molecule has 0 aromatic carbocycles. The predicted octanol–water partition coefficient (Wildman–Crippen LogP) is 3.88. The van der Waals surface area contributed by atoms with Gasteiger partial charge in [0.1, 0.15) is 12.3 Å². The second-order valence-electron chi connectivity index (χ2n) is 10.9. The first kappa shape index (κ1) is 25.8. The number of ether oxygens (including phenoxy) is 2. The molecular formula is C28H28F3N7O3. The number of carbonyl (C=O) groups excluding carboxylic acids is 1. The summed E-state index contributed by atoms with van der Waals surface area (Å²) in [7, 11) is 1.61. The molecule has 1 saturated carbocycles. The number of aromatic nitrogens is 5. The van der Waals surface area contributed by atoms with E-state index in [4.69, 9.17) is 9.47 Å². The average molecular weight is 568 g/mol. The molecular weight excluding hydrogens is 539 g/mol. The number of amides is 1. The lowest BCUT2D eigenvalue weighted by Crippen LogP contribution is -2.36. The van der Waals surface area contributed by atoms with Gasteiger partial charge in [0.25, 0.3) is 5.92 Å². The van der Waals surface area contributed by atoms with Gasteiger partial charge < -0.3 is 19.7 Å². The Labute approximate surface area is 233 Å². The molecule has 41 heavy (non-hydrogen) atoms. The number of rotatable bonds is 8. The lowest BCUT2D eigenvalue weighted by atomic mass is 10.1. The molecule has 0 bridgehead atoms. The van der Waals surface area contributed by atoms with Crippen molar-refractivity contribution in [1.82, 2.24) is 24.4 Å². The molecule has 7 rings (SSSR count). The zero-order valence-electron chi connectivity index (χ0n) is 22.3. The number of nitrogens with one attached hydrogen (secondary N) is 1. The van der Waals surface area contributed by atoms with E-state index in [2.05, 4.69) is 31.5 Å². The minimum absolute atomic E-state index is 0.0560. The largest absolute Gasteiger partial charge is 0.489 e. The van der Waals surface area contributed by atoms with Crippen LogP contribution in [0, 0.1) is 17.7 Å². The highest BCUT2D eigenvalue weighted by Crippen LogP contribution is 2.47. The standard InChI is InChI=1S/C28H28F3N7O3/c1-36-26(24(11-33-36)41-14-16-13-40-15-28(16,30)31)21-7-18-8-25(35-38(18)12-22(21)29)34-27(39)20-9-19(20)23-4-3-17(10-32-23)37-5-2-6-37/h3-4,7-8,10-12,16,19-20H,2,5-6,9,13-15H2,1H3,(H,34,35,39)/t16?,19-,20+/m1/s1. The molecule has 2 saturated heterocycles. The highest BCUT2D eigenvalue weighted by atomic mass is 19.3. The summed E-state index contributed by atoms with van der Waals surface area (Å²) >= 11 is 0. The lowest BCUT2D eigenvalue weighted by molar-refractivity contribution is -0.117. The fourth-order valence-electron chi connectivity index (χ4n) is 5.43. The van der Waals surface area contributed by atoms with Crippen molar-refractivity contribution in [2.24, 2.45) is 18.9 Å². The van der Waals surface area contributed by atoms with Crippen LogP contribution in [0.25, 0.3) is 16.8 Å². The van der Waals surface area contributed by atoms with Gasteiger partial charge in [-0.05, 0) is 31.0 Å². The van der Waals surface area contributed by atoms with Crippen LogP contribution in [0.15, 0.2) is 42.9 Å². The van der Waals surface area contributed by atoms with Gasteiger partial charge in [-0.15, -0.1) is 5.10 Å². The van der Waals surface area contributed by atoms with E-state index in [-0.39, 0.29) is 42.3 Å². The summed E-state index contributed by atoms with van der Waals surface area (Å²) in [5.74, 6) is -4.54. The molecule has 3 aliphatic rings. The second-order valence-corrected chi connectivity index (χ2v) is 10.9. The Bertz CT molecular complexity index is 1620. The van der Waals surface area contributed by atoms with Crippen LogP contribution in [0.1, 0.15) is 24.5 Å². The molecule has 4 aromatic heterocycles. The van der Waals surface area contributed by atoms with E-state index in [0.29, 0.717) is 23.4 Å².